The minimum Gasteiger partial charge on any atom is -0.506 e. The summed E-state index contributed by atoms with van der Waals surface area (Å²) in [6, 6.07) is 19.9. The van der Waals surface area contributed by atoms with Crippen molar-refractivity contribution in [3.63, 3.8) is 0 Å². The van der Waals surface area contributed by atoms with Gasteiger partial charge in [0.25, 0.3) is 0 Å². The van der Waals surface area contributed by atoms with Gasteiger partial charge in [-0.1, -0.05) is 42.5 Å². The molecule has 1 aliphatic rings. The van der Waals surface area contributed by atoms with E-state index >= 15 is 0 Å². The van der Waals surface area contributed by atoms with Crippen molar-refractivity contribution >= 4 is 11.5 Å². The Morgan fingerprint density at radius 3 is 2.37 bits per heavy atom. The van der Waals surface area contributed by atoms with Crippen molar-refractivity contribution in [3.8, 4) is 5.75 Å². The Morgan fingerprint density at radius 2 is 1.67 bits per heavy atom. The van der Waals surface area contributed by atoms with Gasteiger partial charge >= 0.3 is 0 Å². The van der Waals surface area contributed by atoms with Crippen LogP contribution in [0.1, 0.15) is 27.3 Å². The third-order valence-electron chi connectivity index (χ3n) is 6.16. The first-order valence-electron chi connectivity index (χ1n) is 10.6. The van der Waals surface area contributed by atoms with Crippen molar-refractivity contribution in [2.45, 2.75) is 20.4 Å². The van der Waals surface area contributed by atoms with Gasteiger partial charge in [0.1, 0.15) is 12.3 Å². The lowest BCUT2D eigenvalue weighted by atomic mass is 10.1. The summed E-state index contributed by atoms with van der Waals surface area (Å²) < 4.78 is 2.23. The average Bonchev–Trinajstić information content (AvgIpc) is 3.04. The van der Waals surface area contributed by atoms with Gasteiger partial charge in [-0.25, -0.2) is 0 Å². The van der Waals surface area contributed by atoms with E-state index in [1.807, 2.05) is 42.5 Å². The molecular weight excluding hydrogens is 374 g/mol. The number of carbonyl (C=O) groups is 1. The highest BCUT2D eigenvalue weighted by molar-refractivity contribution is 5.98. The van der Waals surface area contributed by atoms with Crippen LogP contribution < -0.4 is 9.80 Å². The number of hydrogen-bond donors (Lipinski definition) is 2. The number of phenols is 1. The van der Waals surface area contributed by atoms with E-state index < -0.39 is 0 Å². The molecule has 1 fully saturated rings. The van der Waals surface area contributed by atoms with Gasteiger partial charge < -0.3 is 19.5 Å². The second kappa shape index (κ2) is 8.76. The molecule has 2 N–H and O–H groups in total. The van der Waals surface area contributed by atoms with Crippen LogP contribution in [0.25, 0.3) is 0 Å². The number of benzene rings is 2. The first-order valence-corrected chi connectivity index (χ1v) is 10.6. The minimum atomic E-state index is 0.216. The van der Waals surface area contributed by atoms with Gasteiger partial charge in [-0.05, 0) is 37.6 Å². The zero-order valence-corrected chi connectivity index (χ0v) is 17.8. The van der Waals surface area contributed by atoms with Crippen LogP contribution in [0.5, 0.6) is 5.75 Å². The zero-order valence-electron chi connectivity index (χ0n) is 17.8. The van der Waals surface area contributed by atoms with Crippen LogP contribution in [0.3, 0.4) is 0 Å². The van der Waals surface area contributed by atoms with Gasteiger partial charge in [0, 0.05) is 23.5 Å². The number of aryl methyl sites for hydroxylation is 1. The van der Waals surface area contributed by atoms with Crippen LogP contribution in [-0.2, 0) is 6.54 Å². The molecule has 156 valence electrons. The first-order chi connectivity index (χ1) is 14.5. The Morgan fingerprint density at radius 1 is 1.00 bits per heavy atom. The summed E-state index contributed by atoms with van der Waals surface area (Å²) in [7, 11) is 0. The topological polar surface area (TPSA) is 49.9 Å². The summed E-state index contributed by atoms with van der Waals surface area (Å²) >= 11 is 0. The van der Waals surface area contributed by atoms with E-state index in [0.29, 0.717) is 12.3 Å². The molecule has 0 bridgehead atoms. The molecule has 5 heteroatoms. The van der Waals surface area contributed by atoms with E-state index in [-0.39, 0.29) is 5.78 Å². The number of phenolic OH excluding ortho intramolecular Hbond substituents is 1. The van der Waals surface area contributed by atoms with Crippen molar-refractivity contribution in [1.29, 1.82) is 0 Å². The van der Waals surface area contributed by atoms with E-state index in [1.165, 1.54) is 10.5 Å². The molecule has 1 saturated heterocycles. The normalized spacial score (nSPS) is 14.8. The predicted octanol–water partition coefficient (Wildman–Crippen LogP) is 2.45. The number of piperazine rings is 1. The lowest BCUT2D eigenvalue weighted by Crippen LogP contribution is -3.15. The zero-order chi connectivity index (χ0) is 21.1. The van der Waals surface area contributed by atoms with Crippen LogP contribution >= 0.6 is 0 Å². The second-order valence-electron chi connectivity index (χ2n) is 8.18. The standard InChI is InChI=1S/C25H29N3O2/c1-19-16-22(20(2)28(19)17-21-8-4-3-5-9-21)25(30)18-26-12-14-27(15-13-26)23-10-6-7-11-24(23)29/h3-11,16,29H,12-15,17-18H2,1-2H3/p+1. The monoisotopic (exact) mass is 404 g/mol. The SMILES string of the molecule is Cc1cc(C(=O)C[NH+]2CCN(c3ccccc3O)CC2)c(C)n1Cc1ccccc1. The maximum absolute atomic E-state index is 13.1. The highest BCUT2D eigenvalue weighted by Crippen LogP contribution is 2.26. The van der Waals surface area contributed by atoms with Gasteiger partial charge in [0.15, 0.2) is 0 Å². The van der Waals surface area contributed by atoms with Crippen molar-refractivity contribution in [2.24, 2.45) is 0 Å². The summed E-state index contributed by atoms with van der Waals surface area (Å²) in [5.41, 5.74) is 5.14. The first kappa shape index (κ1) is 20.2. The number of carbonyl (C=O) groups excluding carboxylic acids is 1. The fourth-order valence-electron chi connectivity index (χ4n) is 4.39. The van der Waals surface area contributed by atoms with Crippen LogP contribution in [0.15, 0.2) is 60.7 Å². The van der Waals surface area contributed by atoms with Crippen LogP contribution in [0, 0.1) is 13.8 Å². The van der Waals surface area contributed by atoms with Crippen LogP contribution in [-0.4, -0.2) is 48.2 Å². The van der Waals surface area contributed by atoms with Crippen molar-refractivity contribution in [2.75, 3.05) is 37.6 Å². The molecular formula is C25H30N3O2+. The maximum Gasteiger partial charge on any atom is 0.218 e. The Bertz CT molecular complexity index is 1020. The second-order valence-corrected chi connectivity index (χ2v) is 8.18. The molecule has 2 aromatic carbocycles. The number of aromatic nitrogens is 1. The number of para-hydroxylation sites is 2. The van der Waals surface area contributed by atoms with E-state index in [2.05, 4.69) is 35.4 Å². The van der Waals surface area contributed by atoms with Gasteiger partial charge in [-0.2, -0.15) is 0 Å². The fourth-order valence-corrected chi connectivity index (χ4v) is 4.39. The van der Waals surface area contributed by atoms with Crippen molar-refractivity contribution < 1.29 is 14.8 Å². The number of rotatable bonds is 6. The van der Waals surface area contributed by atoms with Gasteiger partial charge in [0.2, 0.25) is 5.78 Å². The van der Waals surface area contributed by atoms with Crippen molar-refractivity contribution in [1.82, 2.24) is 4.57 Å². The molecule has 2 heterocycles. The fraction of sp³-hybridized carbons (Fsp3) is 0.320. The number of aromatic hydroxyl groups is 1. The maximum atomic E-state index is 13.1. The van der Waals surface area contributed by atoms with E-state index in [4.69, 9.17) is 0 Å². The number of hydrogen-bond acceptors (Lipinski definition) is 3. The molecule has 1 aromatic heterocycles. The number of nitrogens with zero attached hydrogens (tertiary/aromatic N) is 2. The third kappa shape index (κ3) is 4.26. The molecule has 0 atom stereocenters. The number of Topliss-reactive ketones (excluding diaryl/α,β-unsaturated/α-hetero) is 1. The van der Waals surface area contributed by atoms with Crippen LogP contribution in [0.4, 0.5) is 5.69 Å². The predicted molar refractivity (Wildman–Crippen MR) is 120 cm³/mol. The molecule has 0 aliphatic carbocycles. The Balaban J connectivity index is 1.39. The number of anilines is 1. The number of nitrogens with one attached hydrogen (secondary N) is 1. The van der Waals surface area contributed by atoms with Gasteiger partial charge in [-0.3, -0.25) is 4.79 Å². The van der Waals surface area contributed by atoms with Crippen molar-refractivity contribution in [3.05, 3.63) is 83.2 Å². The lowest BCUT2D eigenvalue weighted by Gasteiger charge is -2.33. The summed E-state index contributed by atoms with van der Waals surface area (Å²) in [6.45, 7) is 8.90. The molecule has 30 heavy (non-hydrogen) atoms. The summed E-state index contributed by atoms with van der Waals surface area (Å²) in [5, 5.41) is 10.1. The van der Waals surface area contributed by atoms with E-state index in [0.717, 1.165) is 55.4 Å². The van der Waals surface area contributed by atoms with Gasteiger partial charge in [0.05, 0.1) is 31.9 Å². The molecule has 0 saturated carbocycles. The van der Waals surface area contributed by atoms with E-state index in [9.17, 15) is 9.90 Å². The Kier molecular flexibility index (Phi) is 5.91. The Labute approximate surface area is 178 Å². The van der Waals surface area contributed by atoms with Gasteiger partial charge in [-0.15, -0.1) is 0 Å². The average molecular weight is 405 g/mol. The quantitative estimate of drug-likeness (QED) is 0.621. The molecule has 0 amide bonds. The number of quaternary nitrogens is 1. The van der Waals surface area contributed by atoms with Crippen LogP contribution in [0.2, 0.25) is 0 Å². The molecule has 1 aliphatic heterocycles. The molecule has 3 aromatic rings. The minimum absolute atomic E-state index is 0.216. The van der Waals surface area contributed by atoms with E-state index in [1.54, 1.807) is 6.07 Å². The third-order valence-corrected chi connectivity index (χ3v) is 6.16. The molecule has 0 radical (unpaired) electrons. The lowest BCUT2D eigenvalue weighted by molar-refractivity contribution is -0.892. The molecule has 0 spiro atoms. The Hall–Kier alpha value is -3.05. The molecule has 5 nitrogen and oxygen atoms in total. The number of ketones is 1. The molecule has 0 unspecified atom stereocenters. The highest BCUT2D eigenvalue weighted by atomic mass is 16.3. The smallest absolute Gasteiger partial charge is 0.218 e. The molecule has 4 rings (SSSR count). The largest absolute Gasteiger partial charge is 0.506 e. The summed E-state index contributed by atoms with van der Waals surface area (Å²) in [5.74, 6) is 0.538. The summed E-state index contributed by atoms with van der Waals surface area (Å²) in [4.78, 5) is 16.6. The highest BCUT2D eigenvalue weighted by Gasteiger charge is 2.25. The summed E-state index contributed by atoms with van der Waals surface area (Å²) in [6.07, 6.45) is 0.